The van der Waals surface area contributed by atoms with Gasteiger partial charge >= 0.3 is 23.9 Å². The van der Waals surface area contributed by atoms with Crippen molar-refractivity contribution in [3.63, 3.8) is 0 Å². The summed E-state index contributed by atoms with van der Waals surface area (Å²) in [6.07, 6.45) is -20.5. The van der Waals surface area contributed by atoms with Crippen LogP contribution in [0.4, 0.5) is 0 Å². The average molecular weight is 1710 g/mol. The molecule has 4 aromatic rings. The standard InChI is InChI=1S/4C24H38N2O4/c4*1-14(2)9-17-13-26-8-7-16-10-21(28-5)22(29-6)11-18(16)19(26)12-20(17)30-24(27)23(25)15(3)4/h4*10-11,14-15,17,19-20,23H,7-9,12-13,25H2,1-6H3/t4*17?,19?,20?,23-/m0000/s1/i12D2,13D2,17D,19D,20D;2*5D3,12D2,13D2,17D,19D;12D2,13D2,17D,19D. The van der Waals surface area contributed by atoms with Crippen LogP contribution < -0.4 is 60.8 Å². The van der Waals surface area contributed by atoms with Crippen LogP contribution in [-0.4, -0.2) is 201 Å². The molecule has 8 heterocycles. The minimum atomic E-state index is -3.14. The predicted octanol–water partition coefficient (Wildman–Crippen LogP) is 14.3. The lowest BCUT2D eigenvalue weighted by molar-refractivity contribution is -0.161. The van der Waals surface area contributed by atoms with Crippen molar-refractivity contribution in [1.29, 1.82) is 0 Å². The zero-order valence-electron chi connectivity index (χ0n) is 105. The molecule has 24 heteroatoms. The molecule has 12 rings (SSSR count). The first-order valence-corrected chi connectivity index (χ1v) is 41.5. The van der Waals surface area contributed by atoms with Gasteiger partial charge in [0, 0.05) is 153 Å². The molecule has 672 valence electrons. The molecule has 0 spiro atoms. The van der Waals surface area contributed by atoms with Gasteiger partial charge < -0.3 is 79.8 Å². The molecule has 0 amide bonds. The topological polar surface area (TPSA) is 296 Å². The Bertz CT molecular complexity index is 5410. The molecule has 0 saturated carbocycles. The molecule has 4 saturated heterocycles. The number of nitrogens with zero attached hydrogens (tertiary/aromatic N) is 4. The maximum Gasteiger partial charge on any atom is 0.323 e. The van der Waals surface area contributed by atoms with Gasteiger partial charge in [-0.15, -0.1) is 0 Å². The summed E-state index contributed by atoms with van der Waals surface area (Å²) in [5, 5.41) is 0. The van der Waals surface area contributed by atoms with E-state index in [1.165, 1.54) is 79.1 Å². The van der Waals surface area contributed by atoms with Crippen LogP contribution in [0.5, 0.6) is 46.0 Å². The highest BCUT2D eigenvalue weighted by atomic mass is 16.6. The smallest absolute Gasteiger partial charge is 0.323 e. The molecule has 16 atom stereocenters. The van der Waals surface area contributed by atoms with E-state index >= 15 is 0 Å². The highest BCUT2D eigenvalue weighted by Gasteiger charge is 2.47. The maximum atomic E-state index is 13.1. The quantitative estimate of drug-likeness (QED) is 0.0303. The molecule has 8 aliphatic heterocycles. The number of methoxy groups -OCH3 is 8. The van der Waals surface area contributed by atoms with Crippen LogP contribution in [0.1, 0.15) is 273 Å². The zero-order chi connectivity index (χ0) is 116. The Kier molecular flexibility index (Phi) is 22.4. The second kappa shape index (κ2) is 43.9. The van der Waals surface area contributed by atoms with Crippen LogP contribution in [0, 0.1) is 70.9 Å². The van der Waals surface area contributed by atoms with Gasteiger partial charge in [0.25, 0.3) is 0 Å². The minimum absolute atomic E-state index is 0.00169. The van der Waals surface area contributed by atoms with Gasteiger partial charge in [-0.1, -0.05) is 111 Å². The number of carbonyl (C=O) groups is 4. The van der Waals surface area contributed by atoms with Gasteiger partial charge in [-0.25, -0.2) is 0 Å². The highest BCUT2D eigenvalue weighted by molar-refractivity contribution is 5.77. The molecule has 0 bridgehead atoms. The van der Waals surface area contributed by atoms with Gasteiger partial charge in [-0.3, -0.25) is 38.8 Å². The Labute approximate surface area is 762 Å². The Balaban J connectivity index is 0.000000223. The van der Waals surface area contributed by atoms with Crippen molar-refractivity contribution in [2.45, 2.75) is 260 Å². The van der Waals surface area contributed by atoms with E-state index in [4.69, 9.17) is 99.0 Å². The van der Waals surface area contributed by atoms with Gasteiger partial charge in [0.1, 0.15) is 48.6 Å². The molecule has 0 radical (unpaired) electrons. The molecule has 8 N–H and O–H groups in total. The van der Waals surface area contributed by atoms with Crippen LogP contribution in [0.2, 0.25) is 0 Å². The molecular weight excluding hydrogens is 1520 g/mol. The van der Waals surface area contributed by atoms with Gasteiger partial charge in [0.05, 0.1) is 71.8 Å². The first-order valence-electron chi connectivity index (χ1n) is 57.0. The van der Waals surface area contributed by atoms with E-state index in [9.17, 15) is 42.5 Å². The third kappa shape index (κ3) is 23.8. The lowest BCUT2D eigenvalue weighted by Gasteiger charge is -2.47. The first kappa shape index (κ1) is 61.2. The van der Waals surface area contributed by atoms with E-state index in [2.05, 4.69) is 0 Å². The fourth-order valence-electron chi connectivity index (χ4n) is 14.5. The van der Waals surface area contributed by atoms with Crippen LogP contribution in [-0.2, 0) is 63.8 Å². The molecule has 4 fully saturated rings. The Hall–Kier alpha value is -7.16. The Morgan fingerprint density at radius 1 is 0.342 bits per heavy atom. The maximum absolute atomic E-state index is 13.1. The number of esters is 4. The lowest BCUT2D eigenvalue weighted by atomic mass is 9.79. The van der Waals surface area contributed by atoms with Gasteiger partial charge in [0.2, 0.25) is 0 Å². The number of piperidine rings is 4. The SMILES string of the molecule is [2H]C([2H])([2H])Oc1cc2c(cc1OC)C1([2H])N(CC2)C([2H])([2H])C([2H])(CC(C)C)C(OC(=O)[C@@H](N)C(C)C)C1([2H])[2H].[2H]C([2H])([2H])Oc1cc2c(cc1OC)C1([2H])N(CC2)C([2H])([2H])C([2H])(CC(C)C)C(OC(=O)[C@@H](N)C(C)C)C1([2H])[2H].[2H]C1([2H])C(OC(=O)[C@@H](N)C(C)C)C([2H])(CC(C)C)C([2H])([2H])N2CCc3cc(OC)c(OC)cc3C21[2H].[2H]C1([2H])N2CCc3cc(OC)c(OC)cc3C2([2H])C([2H])([2H])C([2H])(OC(=O)[C@@H](N)C(C)C)C1([2H])CC(C)C. The van der Waals surface area contributed by atoms with E-state index in [0.717, 1.165) is 19.6 Å². The largest absolute Gasteiger partial charge is 0.493 e. The van der Waals surface area contributed by atoms with E-state index in [1.807, 2.05) is 0 Å². The average Bonchev–Trinajstić information content (AvgIpc) is 0.775. The summed E-state index contributed by atoms with van der Waals surface area (Å²) in [5.74, 6) is -15.2. The summed E-state index contributed by atoms with van der Waals surface area (Å²) in [6.45, 7) is 16.6. The van der Waals surface area contributed by atoms with Crippen LogP contribution >= 0.6 is 0 Å². The van der Waals surface area contributed by atoms with Gasteiger partial charge in [-0.05, 0) is 192 Å². The fraction of sp³-hybridized carbons (Fsp3) is 0.708. The van der Waals surface area contributed by atoms with E-state index in [-0.39, 0.29) is 169 Å². The summed E-state index contributed by atoms with van der Waals surface area (Å²) in [4.78, 5) is 56.2. The van der Waals surface area contributed by atoms with Crippen LogP contribution in [0.15, 0.2) is 48.5 Å². The monoisotopic (exact) mass is 1700 g/mol. The molecular formula is C96H152N8O16. The number of carbonyl (C=O) groups excluding carboxylic acids is 4. The minimum Gasteiger partial charge on any atom is -0.493 e. The third-order valence-electron chi connectivity index (χ3n) is 21.5. The summed E-state index contributed by atoms with van der Waals surface area (Å²) >= 11 is 0. The van der Waals surface area contributed by atoms with Crippen molar-refractivity contribution in [2.24, 2.45) is 93.9 Å². The van der Waals surface area contributed by atoms with E-state index in [0.29, 0.717) is 40.2 Å². The Morgan fingerprint density at radius 3 is 0.792 bits per heavy atom. The summed E-state index contributed by atoms with van der Waals surface area (Å²) in [7, 11) is 2.65. The molecule has 4 aromatic carbocycles. The van der Waals surface area contributed by atoms with Crippen molar-refractivity contribution >= 4 is 23.9 Å². The molecule has 120 heavy (non-hydrogen) atoms. The van der Waals surface area contributed by atoms with Crippen molar-refractivity contribution in [3.8, 4) is 46.0 Å². The predicted molar refractivity (Wildman–Crippen MR) is 471 cm³/mol. The summed E-state index contributed by atoms with van der Waals surface area (Å²) < 4.78 is 341. The molecule has 0 aromatic heterocycles. The molecule has 24 nitrogen and oxygen atoms in total. The van der Waals surface area contributed by atoms with E-state index < -0.39 is 192 Å². The number of rotatable bonds is 28. The van der Waals surface area contributed by atoms with Gasteiger partial charge in [-0.2, -0.15) is 0 Å². The van der Waals surface area contributed by atoms with Crippen molar-refractivity contribution in [3.05, 3.63) is 93.0 Å². The number of hydrogen-bond donors (Lipinski definition) is 4. The number of nitrogens with two attached hydrogens (primary N) is 4. The van der Waals surface area contributed by atoms with Crippen LogP contribution in [0.3, 0.4) is 0 Å². The first-order chi connectivity index (χ1) is 68.7. The number of benzene rings is 4. The van der Waals surface area contributed by atoms with Crippen molar-refractivity contribution < 1.29 is 119 Å². The zero-order valence-corrected chi connectivity index (χ0v) is 73.9. The third-order valence-corrected chi connectivity index (χ3v) is 21.5. The second-order valence-corrected chi connectivity index (χ2v) is 34.0. The molecule has 0 aliphatic carbocycles. The summed E-state index contributed by atoms with van der Waals surface area (Å²) in [6, 6.07) is -3.09. The lowest BCUT2D eigenvalue weighted by Crippen LogP contribution is -2.51. The van der Waals surface area contributed by atoms with Crippen LogP contribution in [0.25, 0.3) is 0 Å². The normalized spacial score (nSPS) is 37.8. The van der Waals surface area contributed by atoms with Crippen molar-refractivity contribution in [1.82, 2.24) is 19.6 Å². The van der Waals surface area contributed by atoms with E-state index in [1.54, 1.807) is 123 Å². The highest BCUT2D eigenvalue weighted by Crippen LogP contribution is 2.50. The number of ether oxygens (including phenoxy) is 12. The molecule has 12 unspecified atom stereocenters. The second-order valence-electron chi connectivity index (χ2n) is 34.0. The number of fused-ring (bicyclic) bond motifs is 12. The van der Waals surface area contributed by atoms with Gasteiger partial charge in [0.15, 0.2) is 46.0 Å². The molecule has 8 aliphatic rings. The summed E-state index contributed by atoms with van der Waals surface area (Å²) in [5.41, 5.74) is 26.0. The Morgan fingerprint density at radius 2 is 0.558 bits per heavy atom. The number of hydrogen-bond acceptors (Lipinski definition) is 24. The van der Waals surface area contributed by atoms with Crippen molar-refractivity contribution in [2.75, 3.05) is 109 Å². The fourth-order valence-corrected chi connectivity index (χ4v) is 14.5.